The Kier molecular flexibility index (Phi) is 7.03. The second-order valence-corrected chi connectivity index (χ2v) is 9.36. The van der Waals surface area contributed by atoms with Crippen LogP contribution in [-0.4, -0.2) is 17.6 Å². The third kappa shape index (κ3) is 5.00. The van der Waals surface area contributed by atoms with Crippen molar-refractivity contribution in [3.8, 4) is 22.5 Å². The van der Waals surface area contributed by atoms with Crippen LogP contribution in [0.5, 0.6) is 0 Å². The van der Waals surface area contributed by atoms with Gasteiger partial charge in [0.15, 0.2) is 0 Å². The van der Waals surface area contributed by atoms with Gasteiger partial charge < -0.3 is 9.72 Å². The number of benzene rings is 3. The number of H-pyrrole nitrogens is 1. The molecule has 0 unspecified atom stereocenters. The summed E-state index contributed by atoms with van der Waals surface area (Å²) < 4.78 is 5.31. The summed E-state index contributed by atoms with van der Waals surface area (Å²) in [6, 6.07) is 23.7. The third-order valence-electron chi connectivity index (χ3n) is 5.56. The molecule has 1 aromatic heterocycles. The van der Waals surface area contributed by atoms with Crippen molar-refractivity contribution in [1.82, 2.24) is 4.98 Å². The Morgan fingerprint density at radius 2 is 1.24 bits per heavy atom. The molecule has 0 aliphatic carbocycles. The molecule has 0 amide bonds. The number of esters is 1. The van der Waals surface area contributed by atoms with E-state index in [-0.39, 0.29) is 17.6 Å². The van der Waals surface area contributed by atoms with E-state index < -0.39 is 5.97 Å². The normalized spacial score (nSPS) is 10.8. The highest BCUT2D eigenvalue weighted by Crippen LogP contribution is 2.36. The molecule has 0 radical (unpaired) electrons. The molecular weight excluding hydrogens is 442 g/mol. The minimum atomic E-state index is -0.625. The molecule has 34 heavy (non-hydrogen) atoms. The molecular formula is C29H27NO3S. The molecule has 0 spiro atoms. The fourth-order valence-electron chi connectivity index (χ4n) is 3.66. The van der Waals surface area contributed by atoms with Gasteiger partial charge in [0.2, 0.25) is 5.43 Å². The first-order valence-corrected chi connectivity index (χ1v) is 12.0. The van der Waals surface area contributed by atoms with Crippen molar-refractivity contribution in [1.29, 1.82) is 0 Å². The van der Waals surface area contributed by atoms with E-state index in [1.54, 1.807) is 6.92 Å². The van der Waals surface area contributed by atoms with Gasteiger partial charge in [-0.05, 0) is 51.0 Å². The van der Waals surface area contributed by atoms with Crippen LogP contribution in [0.1, 0.15) is 34.0 Å². The summed E-state index contributed by atoms with van der Waals surface area (Å²) in [4.78, 5) is 31.8. The maximum atomic E-state index is 13.9. The number of nitrogens with one attached hydrogen (secondary N) is 1. The minimum absolute atomic E-state index is 0.0242. The quantitative estimate of drug-likeness (QED) is 0.310. The SMILES string of the molecule is CCOC(=O)c1c(-c2ccc(C)cc2)[nH]c(-c2ccc(C)cc2)c(Sc2ccc(C)cc2)c1=O. The summed E-state index contributed by atoms with van der Waals surface area (Å²) in [5.74, 6) is -0.625. The highest BCUT2D eigenvalue weighted by Gasteiger charge is 2.25. The lowest BCUT2D eigenvalue weighted by Crippen LogP contribution is -2.22. The maximum absolute atomic E-state index is 13.9. The lowest BCUT2D eigenvalue weighted by Gasteiger charge is -2.16. The van der Waals surface area contributed by atoms with Crippen molar-refractivity contribution in [2.24, 2.45) is 0 Å². The Morgan fingerprint density at radius 3 is 1.74 bits per heavy atom. The number of ether oxygens (including phenoxy) is 1. The van der Waals surface area contributed by atoms with E-state index >= 15 is 0 Å². The summed E-state index contributed by atoms with van der Waals surface area (Å²) >= 11 is 1.35. The zero-order chi connectivity index (χ0) is 24.2. The van der Waals surface area contributed by atoms with Gasteiger partial charge >= 0.3 is 5.97 Å². The van der Waals surface area contributed by atoms with Crippen molar-refractivity contribution in [2.75, 3.05) is 6.61 Å². The topological polar surface area (TPSA) is 59.2 Å². The first-order valence-electron chi connectivity index (χ1n) is 11.2. The average molecular weight is 470 g/mol. The second-order valence-electron chi connectivity index (χ2n) is 8.28. The number of aromatic nitrogens is 1. The zero-order valence-corrected chi connectivity index (χ0v) is 20.6. The highest BCUT2D eigenvalue weighted by molar-refractivity contribution is 7.99. The van der Waals surface area contributed by atoms with Crippen molar-refractivity contribution in [2.45, 2.75) is 37.5 Å². The molecule has 1 N–H and O–H groups in total. The Labute approximate surface area is 204 Å². The first-order chi connectivity index (χ1) is 16.4. The monoisotopic (exact) mass is 469 g/mol. The van der Waals surface area contributed by atoms with E-state index in [0.717, 1.165) is 32.7 Å². The molecule has 0 atom stereocenters. The molecule has 4 aromatic rings. The van der Waals surface area contributed by atoms with E-state index in [4.69, 9.17) is 4.74 Å². The number of hydrogen-bond acceptors (Lipinski definition) is 4. The number of hydrogen-bond donors (Lipinski definition) is 1. The Bertz CT molecular complexity index is 1370. The standard InChI is InChI=1S/C29H27NO3S/c1-5-33-29(32)24-25(21-12-6-18(2)7-13-21)30-26(22-14-8-19(3)9-15-22)28(27(24)31)34-23-16-10-20(4)11-17-23/h6-17H,5H2,1-4H3,(H,30,31). The first kappa shape index (κ1) is 23.6. The zero-order valence-electron chi connectivity index (χ0n) is 19.8. The number of rotatable bonds is 6. The van der Waals surface area contributed by atoms with Gasteiger partial charge in [-0.3, -0.25) is 4.79 Å². The molecule has 172 valence electrons. The molecule has 1 heterocycles. The van der Waals surface area contributed by atoms with Crippen LogP contribution in [0.2, 0.25) is 0 Å². The van der Waals surface area contributed by atoms with Crippen molar-refractivity contribution in [3.05, 3.63) is 105 Å². The number of aromatic amines is 1. The summed E-state index contributed by atoms with van der Waals surface area (Å²) in [5, 5.41) is 0. The van der Waals surface area contributed by atoms with Gasteiger partial charge in [-0.25, -0.2) is 4.79 Å². The lowest BCUT2D eigenvalue weighted by atomic mass is 10.0. The fraction of sp³-hybridized carbons (Fsp3) is 0.172. The van der Waals surface area contributed by atoms with Gasteiger partial charge in [-0.2, -0.15) is 0 Å². The molecule has 0 aliphatic heterocycles. The largest absolute Gasteiger partial charge is 0.462 e. The summed E-state index contributed by atoms with van der Waals surface area (Å²) in [6.45, 7) is 7.97. The van der Waals surface area contributed by atoms with Crippen molar-refractivity contribution < 1.29 is 9.53 Å². The summed E-state index contributed by atoms with van der Waals surface area (Å²) in [6.07, 6.45) is 0. The number of pyridine rings is 1. The van der Waals surface area contributed by atoms with Crippen LogP contribution in [0.4, 0.5) is 0 Å². The van der Waals surface area contributed by atoms with E-state index in [0.29, 0.717) is 16.3 Å². The second kappa shape index (κ2) is 10.1. The van der Waals surface area contributed by atoms with E-state index in [1.807, 2.05) is 93.6 Å². The van der Waals surface area contributed by atoms with Gasteiger partial charge in [0.1, 0.15) is 5.56 Å². The van der Waals surface area contributed by atoms with Crippen LogP contribution in [0.15, 0.2) is 87.4 Å². The molecule has 5 heteroatoms. The Morgan fingerprint density at radius 1 is 0.765 bits per heavy atom. The smallest absolute Gasteiger partial charge is 0.344 e. The molecule has 0 saturated carbocycles. The molecule has 3 aromatic carbocycles. The highest BCUT2D eigenvalue weighted by atomic mass is 32.2. The molecule has 0 fully saturated rings. The molecule has 4 nitrogen and oxygen atoms in total. The Balaban J connectivity index is 2.01. The predicted molar refractivity (Wildman–Crippen MR) is 139 cm³/mol. The molecule has 4 rings (SSSR count). The molecule has 0 aliphatic rings. The van der Waals surface area contributed by atoms with Crippen LogP contribution >= 0.6 is 11.8 Å². The number of carbonyl (C=O) groups is 1. The van der Waals surface area contributed by atoms with Gasteiger partial charge in [0.05, 0.1) is 22.9 Å². The number of carbonyl (C=O) groups excluding carboxylic acids is 1. The van der Waals surface area contributed by atoms with Crippen molar-refractivity contribution >= 4 is 17.7 Å². The van der Waals surface area contributed by atoms with Gasteiger partial charge in [-0.1, -0.05) is 89.1 Å². The average Bonchev–Trinajstić information content (AvgIpc) is 2.82. The summed E-state index contributed by atoms with van der Waals surface area (Å²) in [7, 11) is 0. The van der Waals surface area contributed by atoms with Crippen molar-refractivity contribution in [3.63, 3.8) is 0 Å². The molecule has 0 bridgehead atoms. The van der Waals surface area contributed by atoms with Crippen LogP contribution in [0.3, 0.4) is 0 Å². The van der Waals surface area contributed by atoms with Crippen LogP contribution in [0.25, 0.3) is 22.5 Å². The van der Waals surface area contributed by atoms with E-state index in [1.165, 1.54) is 11.8 Å². The molecule has 0 saturated heterocycles. The fourth-order valence-corrected chi connectivity index (χ4v) is 4.64. The number of aryl methyl sites for hydroxylation is 3. The van der Waals surface area contributed by atoms with Crippen LogP contribution in [0, 0.1) is 20.8 Å². The van der Waals surface area contributed by atoms with E-state index in [9.17, 15) is 9.59 Å². The summed E-state index contributed by atoms with van der Waals surface area (Å²) in [5.41, 5.74) is 5.82. The van der Waals surface area contributed by atoms with Gasteiger partial charge in [0.25, 0.3) is 0 Å². The minimum Gasteiger partial charge on any atom is -0.462 e. The lowest BCUT2D eigenvalue weighted by molar-refractivity contribution is 0.0525. The predicted octanol–water partition coefficient (Wildman–Crippen LogP) is 6.96. The van der Waals surface area contributed by atoms with Crippen LogP contribution < -0.4 is 5.43 Å². The third-order valence-corrected chi connectivity index (χ3v) is 6.66. The van der Waals surface area contributed by atoms with Crippen LogP contribution in [-0.2, 0) is 4.74 Å². The van der Waals surface area contributed by atoms with Gasteiger partial charge in [0, 0.05) is 4.90 Å². The van der Waals surface area contributed by atoms with E-state index in [2.05, 4.69) is 4.98 Å². The Hall–Kier alpha value is -3.57. The van der Waals surface area contributed by atoms with Gasteiger partial charge in [-0.15, -0.1) is 0 Å². The maximum Gasteiger partial charge on any atom is 0.344 e.